The van der Waals surface area contributed by atoms with E-state index in [1.54, 1.807) is 43.6 Å². The second kappa shape index (κ2) is 7.96. The van der Waals surface area contributed by atoms with Crippen LogP contribution in [0.2, 0.25) is 0 Å². The van der Waals surface area contributed by atoms with E-state index in [-0.39, 0.29) is 23.5 Å². The van der Waals surface area contributed by atoms with Crippen molar-refractivity contribution >= 4 is 27.2 Å². The molecule has 1 saturated heterocycles. The number of amides is 1. The molecule has 1 aromatic heterocycles. The number of nitrogens with zero attached hydrogens (tertiary/aromatic N) is 2. The van der Waals surface area contributed by atoms with Crippen molar-refractivity contribution < 1.29 is 17.9 Å². The van der Waals surface area contributed by atoms with Crippen molar-refractivity contribution in [2.45, 2.75) is 19.4 Å². The molecule has 27 heavy (non-hydrogen) atoms. The first-order valence-corrected chi connectivity index (χ1v) is 10.6. The highest BCUT2D eigenvalue weighted by molar-refractivity contribution is 7.91. The first-order valence-electron chi connectivity index (χ1n) is 8.80. The Labute approximate surface area is 159 Å². The van der Waals surface area contributed by atoms with Crippen LogP contribution in [0.3, 0.4) is 0 Å². The van der Waals surface area contributed by atoms with Crippen LogP contribution < -0.4 is 15.0 Å². The standard InChI is InChI=1S/C19H23N3O4S/c1-3-22(16-9-10-27(24,25)13-16)15-7-8-18(20-12-15)21-19(23)14-5-4-6-17(11-14)26-2/h4-8,11-12,16H,3,9-10,13H2,1-2H3,(H,20,21,23). The summed E-state index contributed by atoms with van der Waals surface area (Å²) in [6, 6.07) is 10.4. The van der Waals surface area contributed by atoms with E-state index >= 15 is 0 Å². The molecule has 7 nitrogen and oxygen atoms in total. The van der Waals surface area contributed by atoms with Crippen molar-refractivity contribution in [3.05, 3.63) is 48.2 Å². The number of benzene rings is 1. The van der Waals surface area contributed by atoms with Crippen molar-refractivity contribution in [3.8, 4) is 5.75 Å². The summed E-state index contributed by atoms with van der Waals surface area (Å²) in [7, 11) is -1.40. The van der Waals surface area contributed by atoms with E-state index in [0.717, 1.165) is 5.69 Å². The zero-order chi connectivity index (χ0) is 19.4. The van der Waals surface area contributed by atoms with Gasteiger partial charge in [0.2, 0.25) is 0 Å². The zero-order valence-electron chi connectivity index (χ0n) is 15.4. The molecule has 0 saturated carbocycles. The minimum Gasteiger partial charge on any atom is -0.497 e. The quantitative estimate of drug-likeness (QED) is 0.816. The molecule has 1 amide bonds. The van der Waals surface area contributed by atoms with Crippen LogP contribution in [0.1, 0.15) is 23.7 Å². The minimum atomic E-state index is -2.95. The molecule has 1 fully saturated rings. The van der Waals surface area contributed by atoms with E-state index in [2.05, 4.69) is 10.3 Å². The Kier molecular flexibility index (Phi) is 5.65. The van der Waals surface area contributed by atoms with Crippen molar-refractivity contribution in [2.24, 2.45) is 0 Å². The third kappa shape index (κ3) is 4.57. The van der Waals surface area contributed by atoms with E-state index in [4.69, 9.17) is 4.74 Å². The first-order chi connectivity index (χ1) is 12.9. The van der Waals surface area contributed by atoms with Crippen molar-refractivity contribution in [2.75, 3.05) is 35.4 Å². The lowest BCUT2D eigenvalue weighted by Crippen LogP contribution is -2.36. The molecule has 8 heteroatoms. The fraction of sp³-hybridized carbons (Fsp3) is 0.368. The molecule has 1 aliphatic rings. The number of rotatable bonds is 6. The SMILES string of the molecule is CCN(c1ccc(NC(=O)c2cccc(OC)c2)nc1)C1CCS(=O)(=O)C1. The van der Waals surface area contributed by atoms with E-state index in [9.17, 15) is 13.2 Å². The van der Waals surface area contributed by atoms with Gasteiger partial charge < -0.3 is 15.0 Å². The summed E-state index contributed by atoms with van der Waals surface area (Å²) in [5.41, 5.74) is 1.32. The molecule has 1 atom stereocenters. The average Bonchev–Trinajstić information content (AvgIpc) is 3.03. The number of ether oxygens (including phenoxy) is 1. The van der Waals surface area contributed by atoms with Crippen LogP contribution in [0, 0.1) is 0 Å². The summed E-state index contributed by atoms with van der Waals surface area (Å²) in [6.07, 6.45) is 2.29. The number of carbonyl (C=O) groups is 1. The first kappa shape index (κ1) is 19.2. The summed E-state index contributed by atoms with van der Waals surface area (Å²) < 4.78 is 28.6. The lowest BCUT2D eigenvalue weighted by molar-refractivity contribution is 0.102. The fourth-order valence-corrected chi connectivity index (χ4v) is 4.99. The molecule has 0 aliphatic carbocycles. The maximum atomic E-state index is 12.4. The fourth-order valence-electron chi connectivity index (χ4n) is 3.26. The Morgan fingerprint density at radius 2 is 2.15 bits per heavy atom. The van der Waals surface area contributed by atoms with Crippen LogP contribution in [0.15, 0.2) is 42.6 Å². The van der Waals surface area contributed by atoms with Gasteiger partial charge in [0, 0.05) is 18.2 Å². The van der Waals surface area contributed by atoms with Crippen molar-refractivity contribution in [3.63, 3.8) is 0 Å². The molecular weight excluding hydrogens is 366 g/mol. The molecule has 1 N–H and O–H groups in total. The number of carbonyl (C=O) groups excluding carboxylic acids is 1. The Morgan fingerprint density at radius 3 is 2.74 bits per heavy atom. The molecule has 3 rings (SSSR count). The summed E-state index contributed by atoms with van der Waals surface area (Å²) >= 11 is 0. The smallest absolute Gasteiger partial charge is 0.256 e. The average molecular weight is 389 g/mol. The summed E-state index contributed by atoms with van der Waals surface area (Å²) in [4.78, 5) is 18.7. The lowest BCUT2D eigenvalue weighted by atomic mass is 10.2. The maximum absolute atomic E-state index is 12.4. The topological polar surface area (TPSA) is 88.6 Å². The van der Waals surface area contributed by atoms with Crippen LogP contribution in [0.4, 0.5) is 11.5 Å². The minimum absolute atomic E-state index is 0.0287. The molecule has 1 aromatic carbocycles. The Bertz CT molecular complexity index is 913. The summed E-state index contributed by atoms with van der Waals surface area (Å²) in [5, 5.41) is 2.76. The zero-order valence-corrected chi connectivity index (χ0v) is 16.2. The molecule has 1 aliphatic heterocycles. The van der Waals surface area contributed by atoms with Gasteiger partial charge in [-0.05, 0) is 43.7 Å². The van der Waals surface area contributed by atoms with Crippen LogP contribution in [-0.4, -0.2) is 50.5 Å². The summed E-state index contributed by atoms with van der Waals surface area (Å²) in [6.45, 7) is 2.68. The number of anilines is 2. The van der Waals surface area contributed by atoms with E-state index < -0.39 is 9.84 Å². The maximum Gasteiger partial charge on any atom is 0.256 e. The molecule has 0 spiro atoms. The predicted molar refractivity (Wildman–Crippen MR) is 105 cm³/mol. The second-order valence-corrected chi connectivity index (χ2v) is 8.66. The number of nitrogens with one attached hydrogen (secondary N) is 1. The number of aromatic nitrogens is 1. The third-order valence-electron chi connectivity index (χ3n) is 4.64. The molecular formula is C19H23N3O4S. The number of pyridine rings is 1. The van der Waals surface area contributed by atoms with Crippen LogP contribution in [0.5, 0.6) is 5.75 Å². The molecule has 0 radical (unpaired) electrons. The van der Waals surface area contributed by atoms with Gasteiger partial charge >= 0.3 is 0 Å². The molecule has 0 bridgehead atoms. The van der Waals surface area contributed by atoms with Crippen LogP contribution >= 0.6 is 0 Å². The van der Waals surface area contributed by atoms with Gasteiger partial charge in [0.15, 0.2) is 9.84 Å². The number of hydrogen-bond donors (Lipinski definition) is 1. The Morgan fingerprint density at radius 1 is 1.33 bits per heavy atom. The van der Waals surface area contributed by atoms with Gasteiger partial charge in [-0.15, -0.1) is 0 Å². The molecule has 2 aromatic rings. The van der Waals surface area contributed by atoms with E-state index in [1.807, 2.05) is 17.9 Å². The van der Waals surface area contributed by atoms with Gasteiger partial charge in [0.05, 0.1) is 30.5 Å². The van der Waals surface area contributed by atoms with Gasteiger partial charge in [-0.1, -0.05) is 6.07 Å². The molecule has 1 unspecified atom stereocenters. The highest BCUT2D eigenvalue weighted by atomic mass is 32.2. The monoisotopic (exact) mass is 389 g/mol. The Hall–Kier alpha value is -2.61. The predicted octanol–water partition coefficient (Wildman–Crippen LogP) is 2.36. The van der Waals surface area contributed by atoms with Crippen LogP contribution in [0.25, 0.3) is 0 Å². The largest absolute Gasteiger partial charge is 0.497 e. The van der Waals surface area contributed by atoms with Crippen LogP contribution in [-0.2, 0) is 9.84 Å². The molecule has 144 valence electrons. The number of sulfone groups is 1. The van der Waals surface area contributed by atoms with Crippen molar-refractivity contribution in [1.29, 1.82) is 0 Å². The number of methoxy groups -OCH3 is 1. The van der Waals surface area contributed by atoms with Gasteiger partial charge in [-0.3, -0.25) is 4.79 Å². The Balaban J connectivity index is 1.70. The number of hydrogen-bond acceptors (Lipinski definition) is 6. The van der Waals surface area contributed by atoms with Gasteiger partial charge in [0.1, 0.15) is 11.6 Å². The van der Waals surface area contributed by atoms with E-state index in [1.165, 1.54) is 0 Å². The van der Waals surface area contributed by atoms with E-state index in [0.29, 0.717) is 30.1 Å². The molecule has 2 heterocycles. The lowest BCUT2D eigenvalue weighted by Gasteiger charge is -2.28. The van der Waals surface area contributed by atoms with Crippen molar-refractivity contribution in [1.82, 2.24) is 4.98 Å². The highest BCUT2D eigenvalue weighted by Crippen LogP contribution is 2.24. The van der Waals surface area contributed by atoms with Gasteiger partial charge in [0.25, 0.3) is 5.91 Å². The highest BCUT2D eigenvalue weighted by Gasteiger charge is 2.31. The summed E-state index contributed by atoms with van der Waals surface area (Å²) in [5.74, 6) is 1.17. The second-order valence-electron chi connectivity index (χ2n) is 6.43. The normalized spacial score (nSPS) is 18.1. The third-order valence-corrected chi connectivity index (χ3v) is 6.39. The van der Waals surface area contributed by atoms with Gasteiger partial charge in [-0.25, -0.2) is 13.4 Å². The van der Waals surface area contributed by atoms with Gasteiger partial charge in [-0.2, -0.15) is 0 Å².